The summed E-state index contributed by atoms with van der Waals surface area (Å²) >= 11 is 0. The van der Waals surface area contributed by atoms with E-state index >= 15 is 0 Å². The summed E-state index contributed by atoms with van der Waals surface area (Å²) in [5.41, 5.74) is 0. The Morgan fingerprint density at radius 1 is 0.850 bits per heavy atom. The maximum absolute atomic E-state index is 10.9. The van der Waals surface area contributed by atoms with Gasteiger partial charge in [0.2, 0.25) is 0 Å². The van der Waals surface area contributed by atoms with Crippen molar-refractivity contribution in [1.82, 2.24) is 0 Å². The van der Waals surface area contributed by atoms with Gasteiger partial charge in [0, 0.05) is 0 Å². The zero-order valence-corrected chi connectivity index (χ0v) is 13.1. The van der Waals surface area contributed by atoms with Gasteiger partial charge in [0.05, 0.1) is 6.61 Å². The van der Waals surface area contributed by atoms with Crippen molar-refractivity contribution in [3.8, 4) is 0 Å². The summed E-state index contributed by atoms with van der Waals surface area (Å²) in [6.45, 7) is 2.21. The van der Waals surface area contributed by atoms with Gasteiger partial charge < -0.3 is 10.0 Å². The molecule has 0 rings (SSSR count). The van der Waals surface area contributed by atoms with Gasteiger partial charge in [-0.2, -0.15) is 8.42 Å². The van der Waals surface area contributed by atoms with Crippen LogP contribution in [-0.2, 0) is 18.7 Å². The molecule has 0 aromatic rings. The average Bonchev–Trinajstić information content (AvgIpc) is 2.34. The lowest BCUT2D eigenvalue weighted by atomic mass is 10.1. The summed E-state index contributed by atoms with van der Waals surface area (Å²) in [7, 11) is -6.66. The Hall–Kier alpha value is -0.145. The van der Waals surface area contributed by atoms with Crippen LogP contribution in [-0.4, -0.2) is 32.4 Å². The molecule has 6 nitrogen and oxygen atoms in total. The van der Waals surface area contributed by atoms with Gasteiger partial charge in [0.15, 0.2) is 0 Å². The molecule has 8 heteroatoms. The number of hydrogen-bond acceptors (Lipinski definition) is 6. The van der Waals surface area contributed by atoms with Crippen LogP contribution in [0.15, 0.2) is 0 Å². The van der Waals surface area contributed by atoms with Crippen LogP contribution in [0.4, 0.5) is 0 Å². The fourth-order valence-electron chi connectivity index (χ4n) is 1.88. The second kappa shape index (κ2) is 12.6. The van der Waals surface area contributed by atoms with E-state index in [4.69, 9.17) is 10.0 Å². The van der Waals surface area contributed by atoms with Crippen molar-refractivity contribution in [3.63, 3.8) is 0 Å². The first-order valence-corrected chi connectivity index (χ1v) is 8.75. The van der Waals surface area contributed by atoms with Gasteiger partial charge in [-0.15, -0.1) is 0 Å². The molecule has 0 radical (unpaired) electrons. The van der Waals surface area contributed by atoms with Crippen LogP contribution in [0.25, 0.3) is 0 Å². The lowest BCUT2D eigenvalue weighted by molar-refractivity contribution is 0.226. The third-order valence-corrected chi connectivity index (χ3v) is 3.79. The van der Waals surface area contributed by atoms with Crippen molar-refractivity contribution in [1.29, 1.82) is 0 Å². The molecule has 120 valence electrons. The SMILES string of the molecule is CCCCCCCCCCCCOS(=O)(=O)OB(O)O. The van der Waals surface area contributed by atoms with Crippen molar-refractivity contribution in [2.24, 2.45) is 0 Å². The highest BCUT2D eigenvalue weighted by molar-refractivity contribution is 7.82. The standard InChI is InChI=1S/C12H27BO6S/c1-2-3-4-5-6-7-8-9-10-11-12-18-20(16,17)19-13(14)15/h14-15H,2-12H2,1H3. The molecule has 0 amide bonds. The summed E-state index contributed by atoms with van der Waals surface area (Å²) in [6, 6.07) is 0. The topological polar surface area (TPSA) is 93.1 Å². The Morgan fingerprint density at radius 2 is 1.30 bits per heavy atom. The molecule has 20 heavy (non-hydrogen) atoms. The fourth-order valence-corrected chi connectivity index (χ4v) is 2.47. The van der Waals surface area contributed by atoms with E-state index in [1.54, 1.807) is 0 Å². The summed E-state index contributed by atoms with van der Waals surface area (Å²) in [5, 5.41) is 16.7. The van der Waals surface area contributed by atoms with Crippen LogP contribution in [0.1, 0.15) is 71.1 Å². The molecule has 0 saturated heterocycles. The van der Waals surface area contributed by atoms with E-state index in [2.05, 4.69) is 15.2 Å². The predicted octanol–water partition coefficient (Wildman–Crippen LogP) is 2.15. The molecule has 0 aliphatic rings. The summed E-state index contributed by atoms with van der Waals surface area (Å²) < 4.78 is 30.1. The minimum atomic E-state index is -4.29. The second-order valence-electron chi connectivity index (χ2n) is 4.83. The third-order valence-electron chi connectivity index (χ3n) is 2.93. The molecule has 0 aromatic carbocycles. The first kappa shape index (κ1) is 19.9. The molecule has 0 bridgehead atoms. The number of rotatable bonds is 14. The van der Waals surface area contributed by atoms with E-state index < -0.39 is 17.7 Å². The van der Waals surface area contributed by atoms with Crippen molar-refractivity contribution in [2.45, 2.75) is 71.1 Å². The van der Waals surface area contributed by atoms with Crippen LogP contribution in [0.3, 0.4) is 0 Å². The highest BCUT2D eigenvalue weighted by atomic mass is 32.3. The second-order valence-corrected chi connectivity index (χ2v) is 6.08. The molecule has 0 heterocycles. The Labute approximate surface area is 123 Å². The maximum atomic E-state index is 10.9. The van der Waals surface area contributed by atoms with Gasteiger partial charge in [-0.1, -0.05) is 64.7 Å². The quantitative estimate of drug-likeness (QED) is 0.377. The lowest BCUT2D eigenvalue weighted by Crippen LogP contribution is -2.24. The van der Waals surface area contributed by atoms with Crippen molar-refractivity contribution >= 4 is 17.7 Å². The minimum absolute atomic E-state index is 0.00551. The Balaban J connectivity index is 3.28. The predicted molar refractivity (Wildman–Crippen MR) is 78.0 cm³/mol. The molecule has 0 aliphatic carbocycles. The molecule has 0 saturated carbocycles. The maximum Gasteiger partial charge on any atom is 0.650 e. The van der Waals surface area contributed by atoms with E-state index in [0.29, 0.717) is 6.42 Å². The largest absolute Gasteiger partial charge is 0.650 e. The molecular formula is C12H27BO6S. The van der Waals surface area contributed by atoms with Gasteiger partial charge in [-0.3, -0.25) is 0 Å². The zero-order chi connectivity index (χ0) is 15.3. The number of hydrogen-bond donors (Lipinski definition) is 2. The van der Waals surface area contributed by atoms with Crippen molar-refractivity contribution in [3.05, 3.63) is 0 Å². The normalized spacial score (nSPS) is 11.8. The molecule has 2 N–H and O–H groups in total. The zero-order valence-electron chi connectivity index (χ0n) is 12.3. The molecule has 0 spiro atoms. The summed E-state index contributed by atoms with van der Waals surface area (Å²) in [4.78, 5) is 0. The third kappa shape index (κ3) is 14.3. The number of unbranched alkanes of at least 4 members (excludes halogenated alkanes) is 9. The summed E-state index contributed by atoms with van der Waals surface area (Å²) in [5.74, 6) is 0. The summed E-state index contributed by atoms with van der Waals surface area (Å²) in [6.07, 6.45) is 11.4. The molecule has 0 aromatic heterocycles. The Bertz CT molecular complexity index is 307. The van der Waals surface area contributed by atoms with Crippen molar-refractivity contribution < 1.29 is 26.7 Å². The van der Waals surface area contributed by atoms with E-state index in [1.165, 1.54) is 38.5 Å². The van der Waals surface area contributed by atoms with Crippen molar-refractivity contribution in [2.75, 3.05) is 6.61 Å². The van der Waals surface area contributed by atoms with E-state index in [1.807, 2.05) is 0 Å². The Kier molecular flexibility index (Phi) is 12.5. The van der Waals surface area contributed by atoms with Gasteiger partial charge in [-0.25, -0.2) is 8.28 Å². The lowest BCUT2D eigenvalue weighted by Gasteiger charge is -2.05. The molecule has 0 fully saturated rings. The molecule has 0 atom stereocenters. The minimum Gasteiger partial charge on any atom is -0.401 e. The smallest absolute Gasteiger partial charge is 0.401 e. The van der Waals surface area contributed by atoms with Crippen LogP contribution in [0.2, 0.25) is 0 Å². The van der Waals surface area contributed by atoms with Crippen LogP contribution in [0, 0.1) is 0 Å². The Morgan fingerprint density at radius 3 is 1.75 bits per heavy atom. The molecule has 0 aliphatic heterocycles. The van der Waals surface area contributed by atoms with Gasteiger partial charge in [-0.05, 0) is 6.42 Å². The van der Waals surface area contributed by atoms with E-state index in [9.17, 15) is 8.42 Å². The van der Waals surface area contributed by atoms with Crippen LogP contribution < -0.4 is 0 Å². The monoisotopic (exact) mass is 310 g/mol. The first-order valence-electron chi connectivity index (χ1n) is 7.41. The highest BCUT2D eigenvalue weighted by Gasteiger charge is 2.21. The van der Waals surface area contributed by atoms with Crippen LogP contribution in [0.5, 0.6) is 0 Å². The van der Waals surface area contributed by atoms with E-state index in [0.717, 1.165) is 19.3 Å². The molecular weight excluding hydrogens is 283 g/mol. The van der Waals surface area contributed by atoms with E-state index in [-0.39, 0.29) is 6.61 Å². The fraction of sp³-hybridized carbons (Fsp3) is 1.00. The highest BCUT2D eigenvalue weighted by Crippen LogP contribution is 2.10. The van der Waals surface area contributed by atoms with Gasteiger partial charge in [0.1, 0.15) is 0 Å². The van der Waals surface area contributed by atoms with Crippen LogP contribution >= 0.6 is 0 Å². The first-order chi connectivity index (χ1) is 9.48. The van der Waals surface area contributed by atoms with Gasteiger partial charge in [0.25, 0.3) is 0 Å². The average molecular weight is 310 g/mol. The van der Waals surface area contributed by atoms with Gasteiger partial charge >= 0.3 is 17.7 Å². The molecule has 0 unspecified atom stereocenters.